The first kappa shape index (κ1) is 18.3. The summed E-state index contributed by atoms with van der Waals surface area (Å²) in [5.74, 6) is 1.78. The average Bonchev–Trinajstić information content (AvgIpc) is 3.05. The molecule has 0 spiro atoms. The van der Waals surface area contributed by atoms with Crippen LogP contribution in [0.1, 0.15) is 23.2 Å². The number of nitrogens with one attached hydrogen (secondary N) is 1. The van der Waals surface area contributed by atoms with Gasteiger partial charge in [0.1, 0.15) is 12.4 Å². The molecule has 0 unspecified atom stereocenters. The predicted molar refractivity (Wildman–Crippen MR) is 101 cm³/mol. The number of aryl methyl sites for hydroxylation is 2. The van der Waals surface area contributed by atoms with E-state index in [9.17, 15) is 0 Å². The number of likely N-dealkylation sites (N-methyl/N-ethyl adjacent to an activating group) is 1. The molecule has 0 fully saturated rings. The van der Waals surface area contributed by atoms with Gasteiger partial charge in [0.15, 0.2) is 5.96 Å². The quantitative estimate of drug-likeness (QED) is 0.618. The van der Waals surface area contributed by atoms with Crippen molar-refractivity contribution in [2.24, 2.45) is 4.99 Å². The van der Waals surface area contributed by atoms with Gasteiger partial charge in [-0.15, -0.1) is 11.3 Å². The fourth-order valence-electron chi connectivity index (χ4n) is 2.26. The Morgan fingerprint density at radius 2 is 2.17 bits per heavy atom. The molecular weight excluding hydrogens is 320 g/mol. The lowest BCUT2D eigenvalue weighted by molar-refractivity contribution is 0.280. The summed E-state index contributed by atoms with van der Waals surface area (Å²) in [5, 5.41) is 6.61. The van der Waals surface area contributed by atoms with Crippen LogP contribution in [0.15, 0.2) is 34.6 Å². The number of hydrogen-bond acceptors (Lipinski definition) is 4. The van der Waals surface area contributed by atoms with Crippen LogP contribution in [0, 0.1) is 6.92 Å². The third-order valence-electron chi connectivity index (χ3n) is 3.68. The molecule has 1 aromatic heterocycles. The average molecular weight is 347 g/mol. The van der Waals surface area contributed by atoms with Gasteiger partial charge in [-0.2, -0.15) is 0 Å². The standard InChI is InChI=1S/C18H26N4OS/c1-5-17-21-15(13-24-17)12-20-18(19-3)22(4)10-11-23-16-9-7-6-8-14(16)2/h6-9,13H,5,10-12H2,1-4H3,(H,19,20). The summed E-state index contributed by atoms with van der Waals surface area (Å²) in [7, 11) is 3.80. The number of ether oxygens (including phenoxy) is 1. The predicted octanol–water partition coefficient (Wildman–Crippen LogP) is 3.10. The van der Waals surface area contributed by atoms with Crippen molar-refractivity contribution in [1.29, 1.82) is 0 Å². The van der Waals surface area contributed by atoms with Crippen molar-refractivity contribution in [2.45, 2.75) is 26.8 Å². The zero-order valence-electron chi connectivity index (χ0n) is 14.9. The SMILES string of the molecule is CCc1nc(CNC(=NC)N(C)CCOc2ccccc2C)cs1. The number of guanidine groups is 1. The number of para-hydroxylation sites is 1. The summed E-state index contributed by atoms with van der Waals surface area (Å²) >= 11 is 1.71. The molecule has 0 amide bonds. The Bertz CT molecular complexity index is 669. The molecule has 0 bridgehead atoms. The fraction of sp³-hybridized carbons (Fsp3) is 0.444. The molecule has 1 aromatic carbocycles. The first-order chi connectivity index (χ1) is 11.6. The van der Waals surface area contributed by atoms with Crippen LogP contribution in [0.5, 0.6) is 5.75 Å². The lowest BCUT2D eigenvalue weighted by atomic mass is 10.2. The largest absolute Gasteiger partial charge is 0.491 e. The number of rotatable bonds is 7. The van der Waals surface area contributed by atoms with E-state index in [1.807, 2.05) is 25.2 Å². The molecule has 0 aliphatic carbocycles. The Hall–Kier alpha value is -2.08. The summed E-state index contributed by atoms with van der Waals surface area (Å²) in [6.07, 6.45) is 0.982. The second kappa shape index (κ2) is 9.27. The van der Waals surface area contributed by atoms with Gasteiger partial charge in [-0.1, -0.05) is 25.1 Å². The summed E-state index contributed by atoms with van der Waals surface area (Å²) < 4.78 is 5.85. The van der Waals surface area contributed by atoms with Gasteiger partial charge >= 0.3 is 0 Å². The summed E-state index contributed by atoms with van der Waals surface area (Å²) in [5.41, 5.74) is 2.21. The van der Waals surface area contributed by atoms with E-state index in [0.29, 0.717) is 13.2 Å². The van der Waals surface area contributed by atoms with Crippen LogP contribution in [0.4, 0.5) is 0 Å². The minimum atomic E-state index is 0.610. The van der Waals surface area contributed by atoms with E-state index in [-0.39, 0.29) is 0 Å². The maximum Gasteiger partial charge on any atom is 0.193 e. The molecule has 0 radical (unpaired) electrons. The van der Waals surface area contributed by atoms with Crippen LogP contribution in [0.25, 0.3) is 0 Å². The summed E-state index contributed by atoms with van der Waals surface area (Å²) in [4.78, 5) is 10.9. The molecule has 24 heavy (non-hydrogen) atoms. The van der Waals surface area contributed by atoms with Gasteiger partial charge in [0.2, 0.25) is 0 Å². The monoisotopic (exact) mass is 346 g/mol. The zero-order chi connectivity index (χ0) is 17.4. The Kier molecular flexibility index (Phi) is 7.06. The van der Waals surface area contributed by atoms with Crippen molar-refractivity contribution < 1.29 is 4.74 Å². The smallest absolute Gasteiger partial charge is 0.193 e. The van der Waals surface area contributed by atoms with Crippen molar-refractivity contribution >= 4 is 17.3 Å². The molecule has 130 valence electrons. The van der Waals surface area contributed by atoms with Gasteiger partial charge in [-0.25, -0.2) is 4.98 Å². The Labute approximate surface area is 148 Å². The molecular formula is C18H26N4OS. The van der Waals surface area contributed by atoms with E-state index in [1.54, 1.807) is 18.4 Å². The zero-order valence-corrected chi connectivity index (χ0v) is 15.7. The third kappa shape index (κ3) is 5.23. The van der Waals surface area contributed by atoms with E-state index < -0.39 is 0 Å². The van der Waals surface area contributed by atoms with Gasteiger partial charge in [0.05, 0.1) is 23.8 Å². The van der Waals surface area contributed by atoms with Crippen LogP contribution >= 0.6 is 11.3 Å². The molecule has 2 aromatic rings. The second-order valence-electron chi connectivity index (χ2n) is 5.52. The van der Waals surface area contributed by atoms with Gasteiger partial charge in [-0.05, 0) is 25.0 Å². The van der Waals surface area contributed by atoms with Crippen molar-refractivity contribution in [1.82, 2.24) is 15.2 Å². The minimum Gasteiger partial charge on any atom is -0.491 e. The lowest BCUT2D eigenvalue weighted by Crippen LogP contribution is -2.40. The first-order valence-electron chi connectivity index (χ1n) is 8.17. The van der Waals surface area contributed by atoms with E-state index >= 15 is 0 Å². The lowest BCUT2D eigenvalue weighted by Gasteiger charge is -2.22. The summed E-state index contributed by atoms with van der Waals surface area (Å²) in [6, 6.07) is 8.06. The fourth-order valence-corrected chi connectivity index (χ4v) is 3.01. The van der Waals surface area contributed by atoms with Crippen molar-refractivity contribution in [3.8, 4) is 5.75 Å². The van der Waals surface area contributed by atoms with Crippen LogP contribution in [0.3, 0.4) is 0 Å². The van der Waals surface area contributed by atoms with E-state index in [2.05, 4.69) is 45.5 Å². The Morgan fingerprint density at radius 1 is 1.38 bits per heavy atom. The van der Waals surface area contributed by atoms with Crippen LogP contribution in [-0.2, 0) is 13.0 Å². The first-order valence-corrected chi connectivity index (χ1v) is 9.05. The maximum atomic E-state index is 5.85. The highest BCUT2D eigenvalue weighted by Crippen LogP contribution is 2.15. The van der Waals surface area contributed by atoms with E-state index in [1.165, 1.54) is 5.01 Å². The highest BCUT2D eigenvalue weighted by Gasteiger charge is 2.08. The van der Waals surface area contributed by atoms with Crippen LogP contribution in [0.2, 0.25) is 0 Å². The highest BCUT2D eigenvalue weighted by atomic mass is 32.1. The third-order valence-corrected chi connectivity index (χ3v) is 4.72. The topological polar surface area (TPSA) is 49.8 Å². The molecule has 2 rings (SSSR count). The molecule has 0 saturated heterocycles. The number of hydrogen-bond donors (Lipinski definition) is 1. The molecule has 6 heteroatoms. The second-order valence-corrected chi connectivity index (χ2v) is 6.47. The van der Waals surface area contributed by atoms with Crippen LogP contribution in [-0.4, -0.2) is 43.1 Å². The van der Waals surface area contributed by atoms with Gasteiger partial charge in [0.25, 0.3) is 0 Å². The van der Waals surface area contributed by atoms with E-state index in [0.717, 1.165) is 35.9 Å². The maximum absolute atomic E-state index is 5.85. The molecule has 0 aliphatic rings. The molecule has 5 nitrogen and oxygen atoms in total. The molecule has 1 N–H and O–H groups in total. The van der Waals surface area contributed by atoms with Gasteiger partial charge in [-0.3, -0.25) is 4.99 Å². The normalized spacial score (nSPS) is 11.4. The Morgan fingerprint density at radius 3 is 2.83 bits per heavy atom. The van der Waals surface area contributed by atoms with Crippen molar-refractivity contribution in [3.63, 3.8) is 0 Å². The number of aromatic nitrogens is 1. The molecule has 0 aliphatic heterocycles. The molecule has 0 saturated carbocycles. The van der Waals surface area contributed by atoms with Gasteiger partial charge < -0.3 is 15.0 Å². The molecule has 0 atom stereocenters. The van der Waals surface area contributed by atoms with Gasteiger partial charge in [0, 0.05) is 19.5 Å². The number of thiazole rings is 1. The van der Waals surface area contributed by atoms with Crippen molar-refractivity contribution in [2.75, 3.05) is 27.2 Å². The minimum absolute atomic E-state index is 0.610. The highest BCUT2D eigenvalue weighted by molar-refractivity contribution is 7.09. The Balaban J connectivity index is 1.78. The molecule has 1 heterocycles. The van der Waals surface area contributed by atoms with E-state index in [4.69, 9.17) is 4.74 Å². The number of aliphatic imine (C=N–C) groups is 1. The summed E-state index contributed by atoms with van der Waals surface area (Å²) in [6.45, 7) is 6.23. The number of nitrogens with zero attached hydrogens (tertiary/aromatic N) is 3. The van der Waals surface area contributed by atoms with Crippen LogP contribution < -0.4 is 10.1 Å². The number of benzene rings is 1. The van der Waals surface area contributed by atoms with Crippen molar-refractivity contribution in [3.05, 3.63) is 45.9 Å².